The van der Waals surface area contributed by atoms with Gasteiger partial charge >= 0.3 is 0 Å². The Kier molecular flexibility index (Phi) is 5.93. The zero-order valence-corrected chi connectivity index (χ0v) is 19.7. The first-order valence-electron chi connectivity index (χ1n) is 11.1. The van der Waals surface area contributed by atoms with Crippen LogP contribution in [0.1, 0.15) is 34.5 Å². The van der Waals surface area contributed by atoms with E-state index in [1.54, 1.807) is 41.1 Å². The van der Waals surface area contributed by atoms with Crippen molar-refractivity contribution in [3.05, 3.63) is 123 Å². The number of benzene rings is 2. The van der Waals surface area contributed by atoms with Crippen LogP contribution in [0.2, 0.25) is 5.02 Å². The first-order valence-corrected chi connectivity index (χ1v) is 11.5. The molecule has 7 nitrogen and oxygen atoms in total. The molecular weight excluding hydrogens is 462 g/mol. The maximum Gasteiger partial charge on any atom is 0.267 e. The second kappa shape index (κ2) is 9.19. The maximum absolute atomic E-state index is 13.4. The van der Waals surface area contributed by atoms with Gasteiger partial charge in [-0.2, -0.15) is 0 Å². The Labute approximate surface area is 205 Å². The topological polar surface area (TPSA) is 92.2 Å². The molecule has 3 aromatic heterocycles. The average Bonchev–Trinajstić information content (AvgIpc) is 2.87. The largest absolute Gasteiger partial charge is 0.345 e. The van der Waals surface area contributed by atoms with E-state index in [9.17, 15) is 9.59 Å². The molecule has 5 rings (SSSR count). The van der Waals surface area contributed by atoms with Crippen molar-refractivity contribution in [1.29, 1.82) is 5.41 Å². The summed E-state index contributed by atoms with van der Waals surface area (Å²) in [5, 5.41) is 12.7. The molecule has 0 saturated carbocycles. The van der Waals surface area contributed by atoms with Crippen molar-refractivity contribution in [3.63, 3.8) is 0 Å². The Bertz CT molecular complexity index is 1670. The van der Waals surface area contributed by atoms with Gasteiger partial charge in [0.2, 0.25) is 0 Å². The van der Waals surface area contributed by atoms with Crippen LogP contribution in [0, 0.1) is 5.41 Å². The second-order valence-electron chi connectivity index (χ2n) is 8.31. The highest BCUT2D eigenvalue weighted by Crippen LogP contribution is 2.16. The van der Waals surface area contributed by atoms with Crippen molar-refractivity contribution in [3.8, 4) is 0 Å². The molecule has 8 heteroatoms. The summed E-state index contributed by atoms with van der Waals surface area (Å²) in [5.74, 6) is -0.435. The molecule has 1 amide bonds. The summed E-state index contributed by atoms with van der Waals surface area (Å²) in [6.07, 6.45) is 1.64. The van der Waals surface area contributed by atoms with Crippen molar-refractivity contribution >= 4 is 34.2 Å². The van der Waals surface area contributed by atoms with Gasteiger partial charge in [0.1, 0.15) is 16.8 Å². The first-order chi connectivity index (χ1) is 16.9. The van der Waals surface area contributed by atoms with E-state index in [-0.39, 0.29) is 34.6 Å². The lowest BCUT2D eigenvalue weighted by Gasteiger charge is -2.17. The molecule has 0 bridgehead atoms. The average molecular weight is 484 g/mol. The summed E-state index contributed by atoms with van der Waals surface area (Å²) in [6.45, 7) is 2.13. The molecular formula is C27H22ClN5O2. The molecule has 0 fully saturated rings. The maximum atomic E-state index is 13.4. The minimum atomic E-state index is -0.435. The number of carbonyl (C=O) groups is 1. The molecule has 0 aliphatic heterocycles. The summed E-state index contributed by atoms with van der Waals surface area (Å²) in [4.78, 5) is 31.4. The Balaban J connectivity index is 1.68. The van der Waals surface area contributed by atoms with Gasteiger partial charge in [-0.05, 0) is 48.4 Å². The predicted octanol–water partition coefficient (Wildman–Crippen LogP) is 4.32. The van der Waals surface area contributed by atoms with Gasteiger partial charge in [-0.1, -0.05) is 60.1 Å². The molecule has 0 aliphatic rings. The van der Waals surface area contributed by atoms with E-state index in [4.69, 9.17) is 17.0 Å². The van der Waals surface area contributed by atoms with Gasteiger partial charge in [0.15, 0.2) is 0 Å². The number of halogens is 1. The van der Waals surface area contributed by atoms with Crippen LogP contribution >= 0.6 is 11.6 Å². The number of nitrogens with zero attached hydrogens (tertiary/aromatic N) is 3. The van der Waals surface area contributed by atoms with Gasteiger partial charge in [-0.3, -0.25) is 19.4 Å². The summed E-state index contributed by atoms with van der Waals surface area (Å²) in [5.41, 5.74) is 2.37. The van der Waals surface area contributed by atoms with E-state index in [0.717, 1.165) is 11.1 Å². The zero-order valence-electron chi connectivity index (χ0n) is 18.9. The van der Waals surface area contributed by atoms with Gasteiger partial charge in [-0.25, -0.2) is 4.98 Å². The van der Waals surface area contributed by atoms with Crippen molar-refractivity contribution in [2.24, 2.45) is 0 Å². The monoisotopic (exact) mass is 483 g/mol. The van der Waals surface area contributed by atoms with E-state index in [1.807, 2.05) is 49.4 Å². The number of aromatic nitrogens is 3. The van der Waals surface area contributed by atoms with Crippen molar-refractivity contribution < 1.29 is 4.79 Å². The van der Waals surface area contributed by atoms with Gasteiger partial charge in [0.25, 0.3) is 11.5 Å². The van der Waals surface area contributed by atoms with Crippen molar-refractivity contribution in [2.75, 3.05) is 0 Å². The van der Waals surface area contributed by atoms with E-state index < -0.39 is 5.91 Å². The Hall–Kier alpha value is -4.23. The normalized spacial score (nSPS) is 12.1. The van der Waals surface area contributed by atoms with Crippen LogP contribution in [-0.4, -0.2) is 19.9 Å². The third-order valence-corrected chi connectivity index (χ3v) is 6.22. The quantitative estimate of drug-likeness (QED) is 0.365. The molecule has 174 valence electrons. The molecule has 1 unspecified atom stereocenters. The Morgan fingerprint density at radius 2 is 1.77 bits per heavy atom. The third-order valence-electron chi connectivity index (χ3n) is 5.96. The highest BCUT2D eigenvalue weighted by Gasteiger charge is 2.19. The second-order valence-corrected chi connectivity index (χ2v) is 8.74. The zero-order chi connectivity index (χ0) is 24.5. The molecule has 35 heavy (non-hydrogen) atoms. The highest BCUT2D eigenvalue weighted by atomic mass is 35.5. The Morgan fingerprint density at radius 1 is 1.06 bits per heavy atom. The molecule has 1 atom stereocenters. The van der Waals surface area contributed by atoms with Crippen LogP contribution in [0.4, 0.5) is 0 Å². The first kappa shape index (κ1) is 22.6. The minimum absolute atomic E-state index is 0.0302. The van der Waals surface area contributed by atoms with Crippen molar-refractivity contribution in [2.45, 2.75) is 19.5 Å². The third kappa shape index (κ3) is 4.34. The molecule has 0 aliphatic carbocycles. The van der Waals surface area contributed by atoms with Gasteiger partial charge < -0.3 is 9.88 Å². The smallest absolute Gasteiger partial charge is 0.267 e. The molecule has 0 saturated heterocycles. The fraction of sp³-hybridized carbons (Fsp3) is 0.111. The van der Waals surface area contributed by atoms with E-state index in [1.165, 1.54) is 10.5 Å². The number of amides is 1. The predicted molar refractivity (Wildman–Crippen MR) is 136 cm³/mol. The lowest BCUT2D eigenvalue weighted by Crippen LogP contribution is -2.36. The number of hydrogen-bond donors (Lipinski definition) is 2. The number of hydrogen-bond acceptors (Lipinski definition) is 4. The van der Waals surface area contributed by atoms with E-state index in [0.29, 0.717) is 16.3 Å². The fourth-order valence-corrected chi connectivity index (χ4v) is 4.21. The SMILES string of the molecule is CC(NC(=O)c1cc2c(=O)n3ccccc3nc2n(Cc2ccc(Cl)cc2)c1=N)c1ccccc1. The minimum Gasteiger partial charge on any atom is -0.345 e. The number of pyridine rings is 2. The lowest BCUT2D eigenvalue weighted by molar-refractivity contribution is 0.0937. The van der Waals surface area contributed by atoms with Crippen LogP contribution in [0.25, 0.3) is 16.7 Å². The van der Waals surface area contributed by atoms with E-state index >= 15 is 0 Å². The van der Waals surface area contributed by atoms with Crippen LogP contribution in [0.3, 0.4) is 0 Å². The number of rotatable bonds is 5. The van der Waals surface area contributed by atoms with Crippen molar-refractivity contribution in [1.82, 2.24) is 19.3 Å². The molecule has 0 spiro atoms. The molecule has 0 radical (unpaired) electrons. The molecule has 2 N–H and O–H groups in total. The van der Waals surface area contributed by atoms with Crippen LogP contribution < -0.4 is 16.4 Å². The van der Waals surface area contributed by atoms with Gasteiger partial charge in [-0.15, -0.1) is 0 Å². The Morgan fingerprint density at radius 3 is 2.51 bits per heavy atom. The standard InChI is InChI=1S/C27H22ClN5O2/c1-17(19-7-3-2-4-8-19)30-26(34)21-15-22-25(31-23-9-5-6-14-32(23)27(22)35)33(24(21)29)16-18-10-12-20(28)13-11-18/h2-15,17,29H,16H2,1H3,(H,30,34). The van der Waals surface area contributed by atoms with Gasteiger partial charge in [0.05, 0.1) is 23.5 Å². The molecule has 3 heterocycles. The van der Waals surface area contributed by atoms with Crippen LogP contribution in [-0.2, 0) is 6.54 Å². The van der Waals surface area contributed by atoms with E-state index in [2.05, 4.69) is 10.3 Å². The lowest BCUT2D eigenvalue weighted by atomic mass is 10.1. The fourth-order valence-electron chi connectivity index (χ4n) is 4.09. The highest BCUT2D eigenvalue weighted by molar-refractivity contribution is 6.30. The number of nitrogens with one attached hydrogen (secondary N) is 2. The summed E-state index contributed by atoms with van der Waals surface area (Å²) < 4.78 is 3.03. The molecule has 2 aromatic carbocycles. The summed E-state index contributed by atoms with van der Waals surface area (Å²) >= 11 is 6.04. The molecule has 5 aromatic rings. The summed E-state index contributed by atoms with van der Waals surface area (Å²) in [6, 6.07) is 23.3. The van der Waals surface area contributed by atoms with Gasteiger partial charge in [0, 0.05) is 11.2 Å². The summed E-state index contributed by atoms with van der Waals surface area (Å²) in [7, 11) is 0. The van der Waals surface area contributed by atoms with Crippen LogP contribution in [0.5, 0.6) is 0 Å². The van der Waals surface area contributed by atoms with Crippen LogP contribution in [0.15, 0.2) is 89.9 Å². The number of carbonyl (C=O) groups excluding carboxylic acids is 1. The number of fused-ring (bicyclic) bond motifs is 2.